The zero-order chi connectivity index (χ0) is 13.5. The molecule has 0 aliphatic carbocycles. The maximum absolute atomic E-state index is 11.9. The van der Waals surface area contributed by atoms with Gasteiger partial charge in [0.1, 0.15) is 5.82 Å². The third kappa shape index (κ3) is 4.00. The number of hydrogen-bond donors (Lipinski definition) is 2. The van der Waals surface area contributed by atoms with Crippen molar-refractivity contribution in [1.82, 2.24) is 10.3 Å². The van der Waals surface area contributed by atoms with Crippen molar-refractivity contribution < 1.29 is 9.90 Å². The van der Waals surface area contributed by atoms with Crippen LogP contribution in [0.3, 0.4) is 0 Å². The molecule has 100 valence electrons. The van der Waals surface area contributed by atoms with E-state index in [1.54, 1.807) is 12.3 Å². The highest BCUT2D eigenvalue weighted by Crippen LogP contribution is 2.08. The van der Waals surface area contributed by atoms with Gasteiger partial charge in [-0.25, -0.2) is 4.98 Å². The van der Waals surface area contributed by atoms with E-state index in [1.165, 1.54) is 0 Å². The van der Waals surface area contributed by atoms with E-state index in [4.69, 9.17) is 5.11 Å². The van der Waals surface area contributed by atoms with Crippen molar-refractivity contribution in [2.75, 3.05) is 25.6 Å². The van der Waals surface area contributed by atoms with Crippen LogP contribution < -0.4 is 10.2 Å². The Labute approximate surface area is 108 Å². The summed E-state index contributed by atoms with van der Waals surface area (Å²) in [5.74, 6) is 0.669. The largest absolute Gasteiger partial charge is 0.396 e. The van der Waals surface area contributed by atoms with Gasteiger partial charge in [0.2, 0.25) is 0 Å². The summed E-state index contributed by atoms with van der Waals surface area (Å²) >= 11 is 0. The Morgan fingerprint density at radius 1 is 1.50 bits per heavy atom. The minimum atomic E-state index is -0.145. The first-order valence-electron chi connectivity index (χ1n) is 6.13. The van der Waals surface area contributed by atoms with Crippen molar-refractivity contribution >= 4 is 11.7 Å². The van der Waals surface area contributed by atoms with Gasteiger partial charge in [-0.05, 0) is 25.0 Å². The van der Waals surface area contributed by atoms with Gasteiger partial charge >= 0.3 is 0 Å². The van der Waals surface area contributed by atoms with Gasteiger partial charge in [-0.2, -0.15) is 0 Å². The molecule has 18 heavy (non-hydrogen) atoms. The van der Waals surface area contributed by atoms with Crippen molar-refractivity contribution in [2.45, 2.75) is 25.8 Å². The zero-order valence-corrected chi connectivity index (χ0v) is 11.2. The average molecular weight is 251 g/mol. The number of carbonyl (C=O) groups is 1. The number of nitrogens with zero attached hydrogens (tertiary/aromatic N) is 2. The van der Waals surface area contributed by atoms with Gasteiger partial charge in [-0.1, -0.05) is 6.92 Å². The molecule has 0 spiro atoms. The molecule has 2 N–H and O–H groups in total. The van der Waals surface area contributed by atoms with E-state index in [-0.39, 0.29) is 18.6 Å². The highest BCUT2D eigenvalue weighted by atomic mass is 16.3. The number of carbonyl (C=O) groups excluding carboxylic acids is 1. The molecular weight excluding hydrogens is 230 g/mol. The standard InChI is InChI=1S/C13H21N3O2/c1-4-11(7-8-17)15-13(18)10-5-6-12(14-9-10)16(2)3/h5-6,9,11,17H,4,7-8H2,1-3H3,(H,15,18). The average Bonchev–Trinajstić information content (AvgIpc) is 2.38. The number of aliphatic hydroxyl groups excluding tert-OH is 1. The van der Waals surface area contributed by atoms with Crippen molar-refractivity contribution in [3.8, 4) is 0 Å². The van der Waals surface area contributed by atoms with Crippen molar-refractivity contribution in [2.24, 2.45) is 0 Å². The Bertz CT molecular complexity index is 376. The predicted molar refractivity (Wildman–Crippen MR) is 71.8 cm³/mol. The number of amides is 1. The maximum atomic E-state index is 11.9. The predicted octanol–water partition coefficient (Wildman–Crippen LogP) is 1.04. The van der Waals surface area contributed by atoms with Crippen LogP contribution in [0.5, 0.6) is 0 Å². The van der Waals surface area contributed by atoms with Crippen LogP contribution in [0, 0.1) is 0 Å². The van der Waals surface area contributed by atoms with Gasteiger partial charge in [0.25, 0.3) is 5.91 Å². The number of pyridine rings is 1. The summed E-state index contributed by atoms with van der Waals surface area (Å²) < 4.78 is 0. The first-order valence-corrected chi connectivity index (χ1v) is 6.13. The van der Waals surface area contributed by atoms with Crippen LogP contribution in [0.2, 0.25) is 0 Å². The topological polar surface area (TPSA) is 65.5 Å². The molecule has 5 heteroatoms. The van der Waals surface area contributed by atoms with Crippen molar-refractivity contribution in [3.05, 3.63) is 23.9 Å². The lowest BCUT2D eigenvalue weighted by atomic mass is 10.1. The van der Waals surface area contributed by atoms with E-state index in [2.05, 4.69) is 10.3 Å². The Morgan fingerprint density at radius 3 is 2.67 bits per heavy atom. The summed E-state index contributed by atoms with van der Waals surface area (Å²) in [5, 5.41) is 11.8. The first-order chi connectivity index (χ1) is 8.58. The molecule has 0 bridgehead atoms. The van der Waals surface area contributed by atoms with Crippen LogP contribution in [0.1, 0.15) is 30.1 Å². The van der Waals surface area contributed by atoms with E-state index in [1.807, 2.05) is 32.0 Å². The van der Waals surface area contributed by atoms with E-state index < -0.39 is 0 Å². The number of hydrogen-bond acceptors (Lipinski definition) is 4. The smallest absolute Gasteiger partial charge is 0.253 e. The van der Waals surface area contributed by atoms with Gasteiger partial charge in [0.05, 0.1) is 5.56 Å². The molecule has 0 fully saturated rings. The van der Waals surface area contributed by atoms with Gasteiger partial charge < -0.3 is 15.3 Å². The second-order valence-electron chi connectivity index (χ2n) is 4.39. The second-order valence-corrected chi connectivity index (χ2v) is 4.39. The van der Waals surface area contributed by atoms with Crippen LogP contribution in [0.15, 0.2) is 18.3 Å². The minimum absolute atomic E-state index is 0.0102. The molecule has 0 aliphatic rings. The lowest BCUT2D eigenvalue weighted by molar-refractivity contribution is 0.0929. The molecule has 5 nitrogen and oxygen atoms in total. The third-order valence-corrected chi connectivity index (χ3v) is 2.77. The molecule has 0 aromatic carbocycles. The van der Waals surface area contributed by atoms with E-state index in [0.29, 0.717) is 12.0 Å². The second kappa shape index (κ2) is 6.96. The van der Waals surface area contributed by atoms with Gasteiger partial charge in [0, 0.05) is 32.9 Å². The fourth-order valence-corrected chi connectivity index (χ4v) is 1.59. The molecular formula is C13H21N3O2. The van der Waals surface area contributed by atoms with Crippen molar-refractivity contribution in [3.63, 3.8) is 0 Å². The Balaban J connectivity index is 2.66. The number of nitrogens with one attached hydrogen (secondary N) is 1. The molecule has 1 unspecified atom stereocenters. The minimum Gasteiger partial charge on any atom is -0.396 e. The van der Waals surface area contributed by atoms with E-state index >= 15 is 0 Å². The van der Waals surface area contributed by atoms with Crippen LogP contribution >= 0.6 is 0 Å². The number of aliphatic hydroxyl groups is 1. The quantitative estimate of drug-likeness (QED) is 0.793. The molecule has 1 aromatic heterocycles. The van der Waals surface area contributed by atoms with Crippen LogP contribution in [0.25, 0.3) is 0 Å². The van der Waals surface area contributed by atoms with Gasteiger partial charge in [0.15, 0.2) is 0 Å². The summed E-state index contributed by atoms with van der Waals surface area (Å²) in [6, 6.07) is 3.57. The summed E-state index contributed by atoms with van der Waals surface area (Å²) in [6.45, 7) is 2.06. The molecule has 0 saturated heterocycles. The molecule has 1 amide bonds. The van der Waals surface area contributed by atoms with Gasteiger partial charge in [-0.3, -0.25) is 4.79 Å². The summed E-state index contributed by atoms with van der Waals surface area (Å²) in [5.41, 5.74) is 0.539. The maximum Gasteiger partial charge on any atom is 0.253 e. The molecule has 1 rings (SSSR count). The molecule has 1 atom stereocenters. The molecule has 0 aliphatic heterocycles. The van der Waals surface area contributed by atoms with E-state index in [9.17, 15) is 4.79 Å². The summed E-state index contributed by atoms with van der Waals surface area (Å²) in [4.78, 5) is 18.0. The zero-order valence-electron chi connectivity index (χ0n) is 11.2. The fraction of sp³-hybridized carbons (Fsp3) is 0.538. The first kappa shape index (κ1) is 14.4. The third-order valence-electron chi connectivity index (χ3n) is 2.77. The van der Waals surface area contributed by atoms with Crippen molar-refractivity contribution in [1.29, 1.82) is 0 Å². The molecule has 1 aromatic rings. The molecule has 1 heterocycles. The Kier molecular flexibility index (Phi) is 5.58. The van der Waals surface area contributed by atoms with E-state index in [0.717, 1.165) is 12.2 Å². The lowest BCUT2D eigenvalue weighted by Crippen LogP contribution is -2.35. The fourth-order valence-electron chi connectivity index (χ4n) is 1.59. The Morgan fingerprint density at radius 2 is 2.22 bits per heavy atom. The number of anilines is 1. The number of rotatable bonds is 6. The highest BCUT2D eigenvalue weighted by Gasteiger charge is 2.12. The van der Waals surface area contributed by atoms with Crippen LogP contribution in [-0.4, -0.2) is 42.7 Å². The molecule has 0 radical (unpaired) electrons. The van der Waals surface area contributed by atoms with Crippen LogP contribution in [-0.2, 0) is 0 Å². The molecule has 0 saturated carbocycles. The SMILES string of the molecule is CCC(CCO)NC(=O)c1ccc(N(C)C)nc1. The monoisotopic (exact) mass is 251 g/mol. The highest BCUT2D eigenvalue weighted by molar-refractivity contribution is 5.94. The van der Waals surface area contributed by atoms with Crippen LogP contribution in [0.4, 0.5) is 5.82 Å². The number of aromatic nitrogens is 1. The summed E-state index contributed by atoms with van der Waals surface area (Å²) in [7, 11) is 3.80. The lowest BCUT2D eigenvalue weighted by Gasteiger charge is -2.16. The normalized spacial score (nSPS) is 12.0. The van der Waals surface area contributed by atoms with Gasteiger partial charge in [-0.15, -0.1) is 0 Å². The Hall–Kier alpha value is -1.62. The summed E-state index contributed by atoms with van der Waals surface area (Å²) in [6.07, 6.45) is 2.94.